The lowest BCUT2D eigenvalue weighted by atomic mass is 10.1. The lowest BCUT2D eigenvalue weighted by Gasteiger charge is -2.34. The Kier molecular flexibility index (Phi) is 8.71. The molecule has 1 aliphatic rings. The van der Waals surface area contributed by atoms with Crippen molar-refractivity contribution >= 4 is 27.2 Å². The maximum Gasteiger partial charge on any atom is 0.169 e. The highest BCUT2D eigenvalue weighted by Gasteiger charge is 2.34. The maximum atomic E-state index is 12.0. The summed E-state index contributed by atoms with van der Waals surface area (Å²) in [4.78, 5) is 3.65. The van der Waals surface area contributed by atoms with Crippen molar-refractivity contribution in [1.29, 1.82) is 0 Å². The molecule has 2 rings (SSSR count). The van der Waals surface area contributed by atoms with Crippen LogP contribution in [-0.4, -0.2) is 67.7 Å². The maximum absolute atomic E-state index is 12.0. The topological polar surface area (TPSA) is 53.9 Å². The smallest absolute Gasteiger partial charge is 0.169 e. The molecule has 1 aliphatic heterocycles. The molecule has 0 aromatic heterocycles. The van der Waals surface area contributed by atoms with Crippen LogP contribution in [0.3, 0.4) is 0 Å². The van der Waals surface area contributed by atoms with E-state index in [1.54, 1.807) is 0 Å². The molecule has 1 fully saturated rings. The second kappa shape index (κ2) is 10.6. The van der Waals surface area contributed by atoms with E-state index in [1.807, 2.05) is 18.2 Å². The first-order chi connectivity index (χ1) is 13.2. The van der Waals surface area contributed by atoms with Crippen molar-refractivity contribution in [3.8, 4) is 0 Å². The molecule has 0 unspecified atom stereocenters. The Labute approximate surface area is 176 Å². The Morgan fingerprint density at radius 3 is 2.39 bits per heavy atom. The minimum absolute atomic E-state index is 0.0118. The van der Waals surface area contributed by atoms with E-state index in [4.69, 9.17) is 12.2 Å². The standard InChI is InChI=1S/C21H35N3O2S2/c1-17(2)23(18(3)4)13-14-24(20-11-15-28(25,26)16-20)21(27)22-12-10-19-8-6-5-7-9-19/h5-9,17-18,20H,10-16H2,1-4H3,(H,22,27)/p+1/t20-/m1/s1. The van der Waals surface area contributed by atoms with Gasteiger partial charge in [-0.15, -0.1) is 0 Å². The van der Waals surface area contributed by atoms with Crippen LogP contribution >= 0.6 is 12.2 Å². The molecule has 0 bridgehead atoms. The predicted molar refractivity (Wildman–Crippen MR) is 121 cm³/mol. The highest BCUT2D eigenvalue weighted by molar-refractivity contribution is 7.91. The van der Waals surface area contributed by atoms with Gasteiger partial charge >= 0.3 is 0 Å². The van der Waals surface area contributed by atoms with Crippen LogP contribution in [0.5, 0.6) is 0 Å². The first-order valence-electron chi connectivity index (χ1n) is 10.3. The van der Waals surface area contributed by atoms with E-state index in [0.717, 1.165) is 26.1 Å². The minimum Gasteiger partial charge on any atom is -0.362 e. The molecule has 0 saturated carbocycles. The monoisotopic (exact) mass is 426 g/mol. The van der Waals surface area contributed by atoms with Gasteiger partial charge in [-0.05, 0) is 58.3 Å². The third-order valence-electron chi connectivity index (χ3n) is 5.57. The van der Waals surface area contributed by atoms with Crippen LogP contribution in [0.1, 0.15) is 39.7 Å². The summed E-state index contributed by atoms with van der Waals surface area (Å²) in [5, 5.41) is 4.06. The van der Waals surface area contributed by atoms with Crippen LogP contribution in [0.4, 0.5) is 0 Å². The fraction of sp³-hybridized carbons (Fsp3) is 0.667. The SMILES string of the molecule is CC(C)[NH+](CCN(C(=S)NCCc1ccccc1)[C@@H]1CCS(=O)(=O)C1)C(C)C. The zero-order valence-electron chi connectivity index (χ0n) is 17.6. The molecule has 0 radical (unpaired) electrons. The predicted octanol–water partition coefficient (Wildman–Crippen LogP) is 1.29. The average molecular weight is 427 g/mol. The molecule has 5 nitrogen and oxygen atoms in total. The molecule has 1 atom stereocenters. The zero-order valence-corrected chi connectivity index (χ0v) is 19.3. The Hall–Kier alpha value is -1.18. The van der Waals surface area contributed by atoms with E-state index in [-0.39, 0.29) is 17.5 Å². The van der Waals surface area contributed by atoms with Crippen LogP contribution in [-0.2, 0) is 16.3 Å². The lowest BCUT2D eigenvalue weighted by Crippen LogP contribution is -3.18. The number of nitrogens with zero attached hydrogens (tertiary/aromatic N) is 1. The van der Waals surface area contributed by atoms with E-state index in [2.05, 4.69) is 50.0 Å². The van der Waals surface area contributed by atoms with Gasteiger partial charge in [0.05, 0.1) is 36.7 Å². The second-order valence-electron chi connectivity index (χ2n) is 8.35. The molecule has 2 N–H and O–H groups in total. The summed E-state index contributed by atoms with van der Waals surface area (Å²) < 4.78 is 24.1. The molecular weight excluding hydrogens is 390 g/mol. The minimum atomic E-state index is -2.94. The van der Waals surface area contributed by atoms with E-state index >= 15 is 0 Å². The van der Waals surface area contributed by atoms with Crippen molar-refractivity contribution in [3.63, 3.8) is 0 Å². The summed E-state index contributed by atoms with van der Waals surface area (Å²) in [5.41, 5.74) is 1.27. The van der Waals surface area contributed by atoms with Crippen LogP contribution in [0.2, 0.25) is 0 Å². The number of hydrogen-bond acceptors (Lipinski definition) is 3. The number of thiocarbonyl (C=S) groups is 1. The molecule has 0 amide bonds. The van der Waals surface area contributed by atoms with E-state index in [0.29, 0.717) is 23.6 Å². The fourth-order valence-corrected chi connectivity index (χ4v) is 6.10. The summed E-state index contributed by atoms with van der Waals surface area (Å²) in [7, 11) is -2.94. The third kappa shape index (κ3) is 7.01. The summed E-state index contributed by atoms with van der Waals surface area (Å²) in [6.45, 7) is 11.4. The van der Waals surface area contributed by atoms with Gasteiger partial charge in [0, 0.05) is 12.6 Å². The number of hydrogen-bond donors (Lipinski definition) is 2. The van der Waals surface area contributed by atoms with E-state index in [1.165, 1.54) is 10.5 Å². The largest absolute Gasteiger partial charge is 0.362 e. The second-order valence-corrected chi connectivity index (χ2v) is 11.0. The van der Waals surface area contributed by atoms with Crippen molar-refractivity contribution in [2.24, 2.45) is 0 Å². The summed E-state index contributed by atoms with van der Waals surface area (Å²) in [6.07, 6.45) is 1.56. The highest BCUT2D eigenvalue weighted by atomic mass is 32.2. The average Bonchev–Trinajstić information content (AvgIpc) is 2.98. The van der Waals surface area contributed by atoms with Crippen LogP contribution in [0.15, 0.2) is 30.3 Å². The van der Waals surface area contributed by atoms with Gasteiger partial charge in [-0.2, -0.15) is 0 Å². The molecule has 1 heterocycles. The van der Waals surface area contributed by atoms with Gasteiger partial charge in [0.1, 0.15) is 0 Å². The fourth-order valence-electron chi connectivity index (χ4n) is 4.02. The normalized spacial score (nSPS) is 18.8. The van der Waals surface area contributed by atoms with Crippen molar-refractivity contribution in [3.05, 3.63) is 35.9 Å². The quantitative estimate of drug-likeness (QED) is 0.583. The summed E-state index contributed by atoms with van der Waals surface area (Å²) in [5.74, 6) is 0.484. The van der Waals surface area contributed by atoms with Crippen LogP contribution < -0.4 is 10.2 Å². The first-order valence-corrected chi connectivity index (χ1v) is 12.6. The molecule has 0 spiro atoms. The number of rotatable bonds is 9. The van der Waals surface area contributed by atoms with Crippen LogP contribution in [0, 0.1) is 0 Å². The molecular formula is C21H36N3O2S2+. The van der Waals surface area contributed by atoms with Crippen molar-refractivity contribution in [1.82, 2.24) is 10.2 Å². The Balaban J connectivity index is 1.99. The third-order valence-corrected chi connectivity index (χ3v) is 7.70. The molecule has 28 heavy (non-hydrogen) atoms. The van der Waals surface area contributed by atoms with Gasteiger partial charge in [-0.25, -0.2) is 8.42 Å². The Bertz CT molecular complexity index is 712. The molecule has 1 saturated heterocycles. The van der Waals surface area contributed by atoms with Gasteiger partial charge in [0.25, 0.3) is 0 Å². The molecule has 1 aromatic rings. The molecule has 7 heteroatoms. The number of sulfone groups is 1. The van der Waals surface area contributed by atoms with Gasteiger partial charge < -0.3 is 15.1 Å². The first kappa shape index (κ1) is 23.1. The van der Waals surface area contributed by atoms with E-state index < -0.39 is 9.84 Å². The molecule has 0 aliphatic carbocycles. The van der Waals surface area contributed by atoms with Gasteiger partial charge in [0.15, 0.2) is 14.9 Å². The Morgan fingerprint density at radius 2 is 1.86 bits per heavy atom. The zero-order chi connectivity index (χ0) is 20.7. The molecule has 158 valence electrons. The van der Waals surface area contributed by atoms with Gasteiger partial charge in [-0.1, -0.05) is 30.3 Å². The number of quaternary nitrogens is 1. The van der Waals surface area contributed by atoms with Crippen LogP contribution in [0.25, 0.3) is 0 Å². The van der Waals surface area contributed by atoms with Gasteiger partial charge in [0.2, 0.25) is 0 Å². The summed E-state index contributed by atoms with van der Waals surface area (Å²) >= 11 is 5.70. The van der Waals surface area contributed by atoms with Crippen molar-refractivity contribution < 1.29 is 13.3 Å². The number of nitrogens with one attached hydrogen (secondary N) is 2. The van der Waals surface area contributed by atoms with Crippen molar-refractivity contribution in [2.45, 2.75) is 58.7 Å². The summed E-state index contributed by atoms with van der Waals surface area (Å²) in [6, 6.07) is 11.3. The van der Waals surface area contributed by atoms with Crippen molar-refractivity contribution in [2.75, 3.05) is 31.1 Å². The lowest BCUT2D eigenvalue weighted by molar-refractivity contribution is -0.941. The highest BCUT2D eigenvalue weighted by Crippen LogP contribution is 2.17. The molecule has 1 aromatic carbocycles. The van der Waals surface area contributed by atoms with Gasteiger partial charge in [-0.3, -0.25) is 0 Å². The number of benzene rings is 1. The Morgan fingerprint density at radius 1 is 1.21 bits per heavy atom. The van der Waals surface area contributed by atoms with E-state index in [9.17, 15) is 8.42 Å².